The van der Waals surface area contributed by atoms with Crippen LogP contribution in [-0.2, 0) is 14.3 Å². The Kier molecular flexibility index (Phi) is 8.07. The maximum atomic E-state index is 11.8. The molecule has 0 aliphatic heterocycles. The van der Waals surface area contributed by atoms with Crippen LogP contribution in [0.4, 0.5) is 0 Å². The molecule has 1 atom stereocenters. The van der Waals surface area contributed by atoms with Crippen molar-refractivity contribution < 1.29 is 14.3 Å². The minimum absolute atomic E-state index is 0.208. The molecule has 1 saturated carbocycles. The maximum absolute atomic E-state index is 11.8. The molecule has 1 aliphatic rings. The molecule has 0 radical (unpaired) electrons. The molecule has 0 aromatic carbocycles. The topological polar surface area (TPSA) is 47.6 Å². The van der Waals surface area contributed by atoms with E-state index in [0.29, 0.717) is 19.1 Å². The fourth-order valence-electron chi connectivity index (χ4n) is 2.54. The third-order valence-electron chi connectivity index (χ3n) is 3.47. The Hall–Kier alpha value is -0.610. The summed E-state index contributed by atoms with van der Waals surface area (Å²) in [5.74, 6) is 0.468. The van der Waals surface area contributed by atoms with E-state index in [-0.39, 0.29) is 18.1 Å². The lowest BCUT2D eigenvalue weighted by Crippen LogP contribution is -2.45. The van der Waals surface area contributed by atoms with Crippen molar-refractivity contribution in [2.75, 3.05) is 19.8 Å². The highest BCUT2D eigenvalue weighted by molar-refractivity contribution is 5.75. The summed E-state index contributed by atoms with van der Waals surface area (Å²) in [7, 11) is 0. The molecule has 0 spiro atoms. The van der Waals surface area contributed by atoms with Crippen LogP contribution in [0.25, 0.3) is 0 Å². The molecule has 19 heavy (non-hydrogen) atoms. The van der Waals surface area contributed by atoms with Crippen molar-refractivity contribution in [2.24, 2.45) is 5.92 Å². The zero-order valence-electron chi connectivity index (χ0n) is 12.6. The SMILES string of the molecule is CCOC(=O)C(COCC1CCCCC1)NC(C)C. The molecule has 1 N–H and O–H groups in total. The largest absolute Gasteiger partial charge is 0.465 e. The van der Waals surface area contributed by atoms with Crippen LogP contribution in [0.15, 0.2) is 0 Å². The van der Waals surface area contributed by atoms with Gasteiger partial charge in [-0.05, 0) is 25.7 Å². The normalized spacial score (nSPS) is 18.5. The van der Waals surface area contributed by atoms with Crippen LogP contribution in [0.1, 0.15) is 52.9 Å². The molecule has 0 bridgehead atoms. The van der Waals surface area contributed by atoms with Gasteiger partial charge < -0.3 is 14.8 Å². The van der Waals surface area contributed by atoms with Gasteiger partial charge in [0.1, 0.15) is 6.04 Å². The predicted octanol–water partition coefficient (Wildman–Crippen LogP) is 2.51. The fourth-order valence-corrected chi connectivity index (χ4v) is 2.54. The summed E-state index contributed by atoms with van der Waals surface area (Å²) in [4.78, 5) is 11.8. The second-order valence-corrected chi connectivity index (χ2v) is 5.67. The number of esters is 1. The quantitative estimate of drug-likeness (QED) is 0.689. The molecule has 0 amide bonds. The van der Waals surface area contributed by atoms with Crippen molar-refractivity contribution in [3.05, 3.63) is 0 Å². The van der Waals surface area contributed by atoms with Crippen molar-refractivity contribution >= 4 is 5.97 Å². The van der Waals surface area contributed by atoms with Crippen molar-refractivity contribution in [1.82, 2.24) is 5.32 Å². The predicted molar refractivity (Wildman–Crippen MR) is 76.1 cm³/mol. The van der Waals surface area contributed by atoms with Crippen LogP contribution in [0.2, 0.25) is 0 Å². The Labute approximate surface area is 117 Å². The highest BCUT2D eigenvalue weighted by Gasteiger charge is 2.21. The van der Waals surface area contributed by atoms with Gasteiger partial charge in [0.2, 0.25) is 0 Å². The number of ether oxygens (including phenoxy) is 2. The lowest BCUT2D eigenvalue weighted by atomic mass is 9.90. The standard InChI is InChI=1S/C15H29NO3/c1-4-19-15(17)14(16-12(2)3)11-18-10-13-8-6-5-7-9-13/h12-14,16H,4-11H2,1-3H3. The zero-order chi connectivity index (χ0) is 14.1. The van der Waals surface area contributed by atoms with E-state index < -0.39 is 0 Å². The molecule has 1 fully saturated rings. The van der Waals surface area contributed by atoms with Gasteiger partial charge in [-0.2, -0.15) is 0 Å². The first-order chi connectivity index (χ1) is 9.13. The number of hydrogen-bond acceptors (Lipinski definition) is 4. The van der Waals surface area contributed by atoms with Crippen LogP contribution in [0.5, 0.6) is 0 Å². The number of carbonyl (C=O) groups is 1. The average Bonchev–Trinajstić information content (AvgIpc) is 2.38. The molecular weight excluding hydrogens is 242 g/mol. The summed E-state index contributed by atoms with van der Waals surface area (Å²) < 4.78 is 10.8. The van der Waals surface area contributed by atoms with Gasteiger partial charge in [0.25, 0.3) is 0 Å². The third kappa shape index (κ3) is 6.92. The first kappa shape index (κ1) is 16.4. The molecule has 112 valence electrons. The molecule has 0 aromatic rings. The highest BCUT2D eigenvalue weighted by atomic mass is 16.5. The first-order valence-corrected chi connectivity index (χ1v) is 7.64. The van der Waals surface area contributed by atoms with Crippen LogP contribution >= 0.6 is 0 Å². The van der Waals surface area contributed by atoms with E-state index in [0.717, 1.165) is 6.61 Å². The summed E-state index contributed by atoms with van der Waals surface area (Å²) in [5.41, 5.74) is 0. The third-order valence-corrected chi connectivity index (χ3v) is 3.47. The molecule has 0 heterocycles. The van der Waals surface area contributed by atoms with Gasteiger partial charge in [-0.15, -0.1) is 0 Å². The van der Waals surface area contributed by atoms with Crippen molar-refractivity contribution in [1.29, 1.82) is 0 Å². The zero-order valence-corrected chi connectivity index (χ0v) is 12.6. The van der Waals surface area contributed by atoms with Gasteiger partial charge >= 0.3 is 5.97 Å². The summed E-state index contributed by atoms with van der Waals surface area (Å²) in [6.45, 7) is 7.47. The monoisotopic (exact) mass is 271 g/mol. The molecule has 4 heteroatoms. The van der Waals surface area contributed by atoms with Gasteiger partial charge in [0, 0.05) is 12.6 Å². The van der Waals surface area contributed by atoms with Crippen LogP contribution in [-0.4, -0.2) is 37.9 Å². The van der Waals surface area contributed by atoms with E-state index in [4.69, 9.17) is 9.47 Å². The van der Waals surface area contributed by atoms with E-state index in [9.17, 15) is 4.79 Å². The van der Waals surface area contributed by atoms with Gasteiger partial charge in [0.15, 0.2) is 0 Å². The Morgan fingerprint density at radius 3 is 2.53 bits per heavy atom. The van der Waals surface area contributed by atoms with Gasteiger partial charge in [-0.3, -0.25) is 4.79 Å². The Morgan fingerprint density at radius 1 is 1.26 bits per heavy atom. The summed E-state index contributed by atoms with van der Waals surface area (Å²) in [5, 5.41) is 3.20. The first-order valence-electron chi connectivity index (χ1n) is 7.64. The van der Waals surface area contributed by atoms with Crippen LogP contribution < -0.4 is 5.32 Å². The smallest absolute Gasteiger partial charge is 0.325 e. The van der Waals surface area contributed by atoms with Gasteiger partial charge in [-0.25, -0.2) is 0 Å². The van der Waals surface area contributed by atoms with Crippen molar-refractivity contribution in [3.8, 4) is 0 Å². The van der Waals surface area contributed by atoms with Crippen molar-refractivity contribution in [2.45, 2.75) is 65.0 Å². The average molecular weight is 271 g/mol. The Balaban J connectivity index is 2.28. The minimum Gasteiger partial charge on any atom is -0.465 e. The van der Waals surface area contributed by atoms with Crippen LogP contribution in [0, 0.1) is 5.92 Å². The molecule has 0 saturated heterocycles. The van der Waals surface area contributed by atoms with E-state index >= 15 is 0 Å². The minimum atomic E-state index is -0.344. The fraction of sp³-hybridized carbons (Fsp3) is 0.933. The second kappa shape index (κ2) is 9.32. The van der Waals surface area contributed by atoms with E-state index in [2.05, 4.69) is 5.32 Å². The Morgan fingerprint density at radius 2 is 1.95 bits per heavy atom. The molecule has 1 unspecified atom stereocenters. The molecule has 0 aromatic heterocycles. The van der Waals surface area contributed by atoms with E-state index in [1.807, 2.05) is 20.8 Å². The summed E-state index contributed by atoms with van der Waals surface area (Å²) in [6.07, 6.45) is 6.53. The van der Waals surface area contributed by atoms with Crippen molar-refractivity contribution in [3.63, 3.8) is 0 Å². The lowest BCUT2D eigenvalue weighted by molar-refractivity contribution is -0.147. The Bertz CT molecular complexity index is 250. The molecule has 1 rings (SSSR count). The highest BCUT2D eigenvalue weighted by Crippen LogP contribution is 2.23. The summed E-state index contributed by atoms with van der Waals surface area (Å²) >= 11 is 0. The second-order valence-electron chi connectivity index (χ2n) is 5.67. The van der Waals surface area contributed by atoms with E-state index in [1.54, 1.807) is 0 Å². The summed E-state index contributed by atoms with van der Waals surface area (Å²) in [6, 6.07) is -0.101. The number of rotatable bonds is 8. The van der Waals surface area contributed by atoms with E-state index in [1.165, 1.54) is 32.1 Å². The molecular formula is C15H29NO3. The number of nitrogens with one attached hydrogen (secondary N) is 1. The molecule has 4 nitrogen and oxygen atoms in total. The number of hydrogen-bond donors (Lipinski definition) is 1. The van der Waals surface area contributed by atoms with Crippen LogP contribution in [0.3, 0.4) is 0 Å². The maximum Gasteiger partial charge on any atom is 0.325 e. The van der Waals surface area contributed by atoms with Gasteiger partial charge in [-0.1, -0.05) is 33.1 Å². The van der Waals surface area contributed by atoms with Gasteiger partial charge in [0.05, 0.1) is 13.2 Å². The number of carbonyl (C=O) groups excluding carboxylic acids is 1. The lowest BCUT2D eigenvalue weighted by Gasteiger charge is -2.24. The molecule has 1 aliphatic carbocycles.